The summed E-state index contributed by atoms with van der Waals surface area (Å²) in [5.74, 6) is 0.390. The molecule has 0 fully saturated rings. The van der Waals surface area contributed by atoms with E-state index in [0.29, 0.717) is 29.4 Å². The molecule has 8 heteroatoms. The Morgan fingerprint density at radius 1 is 1.09 bits per heavy atom. The van der Waals surface area contributed by atoms with Gasteiger partial charge in [0, 0.05) is 24.4 Å². The molecule has 4 rings (SSSR count). The van der Waals surface area contributed by atoms with Crippen LogP contribution in [-0.2, 0) is 13.0 Å². The van der Waals surface area contributed by atoms with Crippen LogP contribution in [-0.4, -0.2) is 32.5 Å². The molecule has 164 valence electrons. The van der Waals surface area contributed by atoms with Crippen LogP contribution in [0.15, 0.2) is 71.1 Å². The minimum atomic E-state index is -0.304. The second-order valence-electron chi connectivity index (χ2n) is 7.39. The summed E-state index contributed by atoms with van der Waals surface area (Å²) in [6, 6.07) is 12.0. The monoisotopic (exact) mass is 450 g/mol. The molecule has 0 aliphatic rings. The Hall–Kier alpha value is -3.39. The van der Waals surface area contributed by atoms with Gasteiger partial charge < -0.3 is 9.30 Å². The molecule has 2 heterocycles. The van der Waals surface area contributed by atoms with Crippen LogP contribution < -0.4 is 10.3 Å². The van der Waals surface area contributed by atoms with Crippen molar-refractivity contribution in [3.05, 3.63) is 99.7 Å². The first-order chi connectivity index (χ1) is 15.5. The highest BCUT2D eigenvalue weighted by atomic mass is 32.2. The number of hydrogen-bond acceptors (Lipinski definition) is 5. The van der Waals surface area contributed by atoms with Crippen molar-refractivity contribution in [2.75, 3.05) is 13.4 Å². The van der Waals surface area contributed by atoms with Gasteiger partial charge in [0.2, 0.25) is 0 Å². The summed E-state index contributed by atoms with van der Waals surface area (Å²) in [5.41, 5.74) is 4.04. The molecular formula is C24H23FN4O2S. The van der Waals surface area contributed by atoms with Gasteiger partial charge in [-0.15, -0.1) is 0 Å². The highest BCUT2D eigenvalue weighted by molar-refractivity contribution is 7.98. The van der Waals surface area contributed by atoms with Gasteiger partial charge in [0.25, 0.3) is 5.56 Å². The molecule has 2 aromatic heterocycles. The van der Waals surface area contributed by atoms with Crippen LogP contribution in [0.2, 0.25) is 0 Å². The number of aromatic nitrogens is 4. The number of nitrogens with zero attached hydrogens (tertiary/aromatic N) is 4. The highest BCUT2D eigenvalue weighted by Crippen LogP contribution is 2.25. The van der Waals surface area contributed by atoms with Gasteiger partial charge in [0.15, 0.2) is 5.16 Å². The average Bonchev–Trinajstić information content (AvgIpc) is 3.24. The fourth-order valence-corrected chi connectivity index (χ4v) is 4.06. The van der Waals surface area contributed by atoms with Crippen molar-refractivity contribution in [2.24, 2.45) is 0 Å². The maximum atomic E-state index is 13.3. The molecule has 0 N–H and O–H groups in total. The quantitative estimate of drug-likeness (QED) is 0.311. The number of thioether (sulfide) groups is 1. The van der Waals surface area contributed by atoms with Gasteiger partial charge in [-0.25, -0.2) is 14.4 Å². The topological polar surface area (TPSA) is 61.9 Å². The number of benzene rings is 2. The summed E-state index contributed by atoms with van der Waals surface area (Å²) in [7, 11) is 1.62. The summed E-state index contributed by atoms with van der Waals surface area (Å²) in [4.78, 5) is 22.0. The van der Waals surface area contributed by atoms with Crippen molar-refractivity contribution in [3.8, 4) is 11.4 Å². The summed E-state index contributed by atoms with van der Waals surface area (Å²) in [6.45, 7) is 2.26. The van der Waals surface area contributed by atoms with E-state index in [1.54, 1.807) is 36.3 Å². The molecule has 0 aliphatic heterocycles. The number of imidazole rings is 1. The molecule has 2 aromatic carbocycles. The van der Waals surface area contributed by atoms with Crippen molar-refractivity contribution in [2.45, 2.75) is 25.0 Å². The predicted octanol–water partition coefficient (Wildman–Crippen LogP) is 4.25. The third kappa shape index (κ3) is 4.60. The molecule has 0 bridgehead atoms. The van der Waals surface area contributed by atoms with Gasteiger partial charge in [-0.3, -0.25) is 9.36 Å². The second-order valence-corrected chi connectivity index (χ2v) is 8.17. The van der Waals surface area contributed by atoms with Crippen LogP contribution in [0.3, 0.4) is 0 Å². The minimum Gasteiger partial charge on any atom is -0.495 e. The SMILES string of the molecule is COc1cc(Cc2cnc(SC)n(Cc3ccc(F)cc3)c2=O)ccc1-n1cnc(C)c1. The lowest BCUT2D eigenvalue weighted by Gasteiger charge is -2.14. The zero-order valence-electron chi connectivity index (χ0n) is 18.1. The zero-order valence-corrected chi connectivity index (χ0v) is 18.9. The molecule has 0 amide bonds. The molecule has 0 saturated heterocycles. The molecule has 6 nitrogen and oxygen atoms in total. The number of rotatable bonds is 7. The Morgan fingerprint density at radius 3 is 2.50 bits per heavy atom. The van der Waals surface area contributed by atoms with Crippen LogP contribution in [0.5, 0.6) is 5.75 Å². The van der Waals surface area contributed by atoms with E-state index in [1.165, 1.54) is 23.9 Å². The summed E-state index contributed by atoms with van der Waals surface area (Å²) in [6.07, 6.45) is 7.60. The normalized spacial score (nSPS) is 11.0. The molecule has 32 heavy (non-hydrogen) atoms. The predicted molar refractivity (Wildman–Crippen MR) is 123 cm³/mol. The fourth-order valence-electron chi connectivity index (χ4n) is 3.53. The number of aryl methyl sites for hydroxylation is 1. The maximum Gasteiger partial charge on any atom is 0.257 e. The molecule has 0 unspecified atom stereocenters. The summed E-state index contributed by atoms with van der Waals surface area (Å²) < 4.78 is 22.4. The van der Waals surface area contributed by atoms with Gasteiger partial charge >= 0.3 is 0 Å². The molecule has 0 aliphatic carbocycles. The van der Waals surface area contributed by atoms with Crippen molar-refractivity contribution in [1.82, 2.24) is 19.1 Å². The van der Waals surface area contributed by atoms with E-state index in [2.05, 4.69) is 9.97 Å². The van der Waals surface area contributed by atoms with Crippen LogP contribution in [0.25, 0.3) is 5.69 Å². The largest absolute Gasteiger partial charge is 0.495 e. The molecule has 0 spiro atoms. The first-order valence-electron chi connectivity index (χ1n) is 10.0. The number of ether oxygens (including phenoxy) is 1. The third-order valence-electron chi connectivity index (χ3n) is 5.15. The number of methoxy groups -OCH3 is 1. The Labute approximate surface area is 189 Å². The van der Waals surface area contributed by atoms with E-state index in [0.717, 1.165) is 22.5 Å². The molecule has 0 radical (unpaired) electrons. The van der Waals surface area contributed by atoms with E-state index in [-0.39, 0.29) is 11.4 Å². The fraction of sp³-hybridized carbons (Fsp3) is 0.208. The zero-order chi connectivity index (χ0) is 22.7. The minimum absolute atomic E-state index is 0.109. The van der Waals surface area contributed by atoms with Crippen molar-refractivity contribution in [1.29, 1.82) is 0 Å². The van der Waals surface area contributed by atoms with Crippen LogP contribution in [0, 0.1) is 12.7 Å². The molecule has 0 atom stereocenters. The Kier molecular flexibility index (Phi) is 6.41. The lowest BCUT2D eigenvalue weighted by Crippen LogP contribution is -2.27. The Bertz CT molecular complexity index is 1300. The standard InChI is InChI=1S/C24H23FN4O2S/c1-16-13-28(15-27-16)21-9-6-18(11-22(21)31-2)10-19-12-26-24(32-3)29(23(19)30)14-17-4-7-20(25)8-5-17/h4-9,11-13,15H,10,14H2,1-3H3. The van der Waals surface area contributed by atoms with Crippen molar-refractivity contribution >= 4 is 11.8 Å². The lowest BCUT2D eigenvalue weighted by atomic mass is 10.1. The van der Waals surface area contributed by atoms with Gasteiger partial charge in [-0.05, 0) is 48.6 Å². The van der Waals surface area contributed by atoms with Gasteiger partial charge in [-0.2, -0.15) is 0 Å². The van der Waals surface area contributed by atoms with E-state index in [1.807, 2.05) is 42.1 Å². The van der Waals surface area contributed by atoms with Crippen LogP contribution >= 0.6 is 11.8 Å². The van der Waals surface area contributed by atoms with E-state index >= 15 is 0 Å². The number of halogens is 1. The van der Waals surface area contributed by atoms with Crippen LogP contribution in [0.4, 0.5) is 4.39 Å². The highest BCUT2D eigenvalue weighted by Gasteiger charge is 2.13. The first-order valence-corrected chi connectivity index (χ1v) is 11.3. The van der Waals surface area contributed by atoms with E-state index < -0.39 is 0 Å². The Balaban J connectivity index is 1.65. The number of hydrogen-bond donors (Lipinski definition) is 0. The molecule has 0 saturated carbocycles. The third-order valence-corrected chi connectivity index (χ3v) is 5.84. The summed E-state index contributed by atoms with van der Waals surface area (Å²) >= 11 is 1.40. The van der Waals surface area contributed by atoms with E-state index in [4.69, 9.17) is 4.74 Å². The van der Waals surface area contributed by atoms with Gasteiger partial charge in [-0.1, -0.05) is 30.0 Å². The first kappa shape index (κ1) is 21.8. The van der Waals surface area contributed by atoms with Crippen LogP contribution in [0.1, 0.15) is 22.4 Å². The lowest BCUT2D eigenvalue weighted by molar-refractivity contribution is 0.412. The van der Waals surface area contributed by atoms with E-state index in [9.17, 15) is 9.18 Å². The molecular weight excluding hydrogens is 427 g/mol. The van der Waals surface area contributed by atoms with Gasteiger partial charge in [0.1, 0.15) is 11.6 Å². The van der Waals surface area contributed by atoms with Crippen molar-refractivity contribution in [3.63, 3.8) is 0 Å². The summed E-state index contributed by atoms with van der Waals surface area (Å²) in [5, 5.41) is 0.617. The maximum absolute atomic E-state index is 13.3. The average molecular weight is 451 g/mol. The van der Waals surface area contributed by atoms with Gasteiger partial charge in [0.05, 0.1) is 31.4 Å². The molecule has 4 aromatic rings. The Morgan fingerprint density at radius 2 is 1.84 bits per heavy atom. The smallest absolute Gasteiger partial charge is 0.257 e. The van der Waals surface area contributed by atoms with Crippen molar-refractivity contribution < 1.29 is 9.13 Å². The second kappa shape index (κ2) is 9.40.